The third kappa shape index (κ3) is 4.42. The number of methoxy groups -OCH3 is 2. The molecule has 1 fully saturated rings. The predicted molar refractivity (Wildman–Crippen MR) is 128 cm³/mol. The van der Waals surface area contributed by atoms with E-state index in [4.69, 9.17) is 14.5 Å². The summed E-state index contributed by atoms with van der Waals surface area (Å²) in [5.74, 6) is 1.77. The lowest BCUT2D eigenvalue weighted by Gasteiger charge is -2.24. The van der Waals surface area contributed by atoms with E-state index in [1.807, 2.05) is 11.0 Å². The monoisotopic (exact) mass is 444 g/mol. The second-order valence-corrected chi connectivity index (χ2v) is 8.30. The van der Waals surface area contributed by atoms with Gasteiger partial charge in [0.05, 0.1) is 25.3 Å². The summed E-state index contributed by atoms with van der Waals surface area (Å²) in [5.41, 5.74) is 4.36. The molecule has 0 bridgehead atoms. The fourth-order valence-corrected chi connectivity index (χ4v) is 4.24. The Morgan fingerprint density at radius 3 is 2.45 bits per heavy atom. The number of hydrogen-bond donors (Lipinski definition) is 0. The van der Waals surface area contributed by atoms with Gasteiger partial charge in [0, 0.05) is 37.1 Å². The predicted octanol–water partition coefficient (Wildman–Crippen LogP) is 4.09. The highest BCUT2D eigenvalue weighted by Gasteiger charge is 2.23. The van der Waals surface area contributed by atoms with Gasteiger partial charge in [-0.1, -0.05) is 0 Å². The van der Waals surface area contributed by atoms with Crippen LogP contribution in [-0.4, -0.2) is 56.2 Å². The Kier molecular flexibility index (Phi) is 6.36. The molecule has 3 aromatic rings. The lowest BCUT2D eigenvalue weighted by molar-refractivity contribution is 0.0766. The Bertz CT molecular complexity index is 1250. The molecule has 7 nitrogen and oxygen atoms in total. The summed E-state index contributed by atoms with van der Waals surface area (Å²) in [7, 11) is 3.13. The largest absolute Gasteiger partial charge is 0.493 e. The van der Waals surface area contributed by atoms with Crippen molar-refractivity contribution in [1.29, 1.82) is 5.26 Å². The molecule has 1 amide bonds. The van der Waals surface area contributed by atoms with E-state index in [2.05, 4.69) is 36.9 Å². The molecule has 2 aromatic carbocycles. The zero-order valence-electron chi connectivity index (χ0n) is 19.5. The molecule has 7 heteroatoms. The number of carbonyl (C=O) groups excluding carboxylic acids is 1. The maximum Gasteiger partial charge on any atom is 0.254 e. The molecule has 2 heterocycles. The molecule has 0 atom stereocenters. The van der Waals surface area contributed by atoms with Crippen LogP contribution >= 0.6 is 0 Å². The summed E-state index contributed by atoms with van der Waals surface area (Å²) in [6, 6.07) is 13.6. The van der Waals surface area contributed by atoms with Crippen molar-refractivity contribution in [2.45, 2.75) is 20.3 Å². The van der Waals surface area contributed by atoms with Crippen molar-refractivity contribution in [2.75, 3.05) is 45.3 Å². The molecule has 1 aromatic heterocycles. The van der Waals surface area contributed by atoms with Crippen molar-refractivity contribution in [3.8, 4) is 17.6 Å². The standard InChI is InChI=1S/C26H28N4O3/c1-17-12-20-14-21(16-27)25(28-22(20)13-18(17)2)29-8-5-9-30(11-10-29)26(31)19-6-7-23(32-3)24(15-19)33-4/h6-7,12-15H,5,8-11H2,1-4H3. The number of aromatic nitrogens is 1. The van der Waals surface area contributed by atoms with Crippen LogP contribution in [0.4, 0.5) is 5.82 Å². The molecule has 1 aliphatic rings. The van der Waals surface area contributed by atoms with Crippen LogP contribution in [0.15, 0.2) is 36.4 Å². The summed E-state index contributed by atoms with van der Waals surface area (Å²) in [5, 5.41) is 10.8. The van der Waals surface area contributed by atoms with Gasteiger partial charge in [-0.05, 0) is 67.8 Å². The van der Waals surface area contributed by atoms with E-state index >= 15 is 0 Å². The second kappa shape index (κ2) is 9.37. The van der Waals surface area contributed by atoms with Gasteiger partial charge in [-0.15, -0.1) is 0 Å². The number of pyridine rings is 1. The van der Waals surface area contributed by atoms with Crippen molar-refractivity contribution in [2.24, 2.45) is 0 Å². The van der Waals surface area contributed by atoms with Gasteiger partial charge in [-0.2, -0.15) is 5.26 Å². The number of nitriles is 1. The van der Waals surface area contributed by atoms with Gasteiger partial charge < -0.3 is 19.3 Å². The summed E-state index contributed by atoms with van der Waals surface area (Å²) < 4.78 is 10.6. The molecule has 33 heavy (non-hydrogen) atoms. The van der Waals surface area contributed by atoms with Gasteiger partial charge in [-0.3, -0.25) is 4.79 Å². The van der Waals surface area contributed by atoms with Crippen LogP contribution in [0.25, 0.3) is 10.9 Å². The number of amides is 1. The number of carbonyl (C=O) groups is 1. The lowest BCUT2D eigenvalue weighted by Crippen LogP contribution is -2.35. The highest BCUT2D eigenvalue weighted by molar-refractivity contribution is 5.95. The molecular formula is C26H28N4O3. The van der Waals surface area contributed by atoms with Gasteiger partial charge in [0.25, 0.3) is 5.91 Å². The minimum absolute atomic E-state index is 0.0455. The highest BCUT2D eigenvalue weighted by Crippen LogP contribution is 2.29. The zero-order chi connectivity index (χ0) is 23.5. The third-order valence-electron chi connectivity index (χ3n) is 6.24. The van der Waals surface area contributed by atoms with Crippen LogP contribution < -0.4 is 14.4 Å². The molecule has 0 saturated carbocycles. The SMILES string of the molecule is COc1ccc(C(=O)N2CCCN(c3nc4cc(C)c(C)cc4cc3C#N)CC2)cc1OC. The molecule has 170 valence electrons. The number of aryl methyl sites for hydroxylation is 2. The minimum Gasteiger partial charge on any atom is -0.493 e. The lowest BCUT2D eigenvalue weighted by atomic mass is 10.0. The Hall–Kier alpha value is -3.79. The third-order valence-corrected chi connectivity index (χ3v) is 6.24. The average Bonchev–Trinajstić information content (AvgIpc) is 3.09. The first-order chi connectivity index (χ1) is 15.9. The summed E-state index contributed by atoms with van der Waals surface area (Å²) in [6.45, 7) is 6.65. The van der Waals surface area contributed by atoms with Crippen molar-refractivity contribution >= 4 is 22.6 Å². The van der Waals surface area contributed by atoms with Gasteiger partial charge in [0.2, 0.25) is 0 Å². The number of anilines is 1. The van der Waals surface area contributed by atoms with Gasteiger partial charge in [0.15, 0.2) is 11.5 Å². The summed E-state index contributed by atoms with van der Waals surface area (Å²) >= 11 is 0. The first-order valence-corrected chi connectivity index (χ1v) is 11.0. The molecule has 0 aliphatic carbocycles. The van der Waals surface area contributed by atoms with Crippen molar-refractivity contribution < 1.29 is 14.3 Å². The van der Waals surface area contributed by atoms with Gasteiger partial charge in [-0.25, -0.2) is 4.98 Å². The fourth-order valence-electron chi connectivity index (χ4n) is 4.24. The number of benzene rings is 2. The van der Waals surface area contributed by atoms with E-state index in [9.17, 15) is 10.1 Å². The molecule has 0 N–H and O–H groups in total. The maximum atomic E-state index is 13.2. The van der Waals surface area contributed by atoms with Crippen molar-refractivity contribution in [1.82, 2.24) is 9.88 Å². The Morgan fingerprint density at radius 2 is 1.73 bits per heavy atom. The second-order valence-electron chi connectivity index (χ2n) is 8.30. The van der Waals surface area contributed by atoms with E-state index in [1.165, 1.54) is 11.1 Å². The molecule has 1 saturated heterocycles. The van der Waals surface area contributed by atoms with Crippen molar-refractivity contribution in [3.05, 3.63) is 58.7 Å². The number of fused-ring (bicyclic) bond motifs is 1. The van der Waals surface area contributed by atoms with Crippen LogP contribution in [-0.2, 0) is 0 Å². The Labute approximate surface area is 194 Å². The summed E-state index contributed by atoms with van der Waals surface area (Å²) in [6.07, 6.45) is 0.788. The van der Waals surface area contributed by atoms with E-state index < -0.39 is 0 Å². The van der Waals surface area contributed by atoms with Crippen LogP contribution in [0.3, 0.4) is 0 Å². The zero-order valence-corrected chi connectivity index (χ0v) is 19.5. The molecular weight excluding hydrogens is 416 g/mol. The fraction of sp³-hybridized carbons (Fsp3) is 0.346. The van der Waals surface area contributed by atoms with E-state index in [0.717, 1.165) is 23.9 Å². The summed E-state index contributed by atoms with van der Waals surface area (Å²) in [4.78, 5) is 22.0. The normalized spacial score (nSPS) is 14.0. The molecule has 1 aliphatic heterocycles. The number of rotatable bonds is 4. The Morgan fingerprint density at radius 1 is 0.970 bits per heavy atom. The van der Waals surface area contributed by atoms with Crippen LogP contribution in [0, 0.1) is 25.2 Å². The number of ether oxygens (including phenoxy) is 2. The van der Waals surface area contributed by atoms with Crippen LogP contribution in [0.2, 0.25) is 0 Å². The molecule has 0 unspecified atom stereocenters. The average molecular weight is 445 g/mol. The minimum atomic E-state index is -0.0455. The Balaban J connectivity index is 1.57. The van der Waals surface area contributed by atoms with Gasteiger partial charge >= 0.3 is 0 Å². The van der Waals surface area contributed by atoms with Crippen LogP contribution in [0.1, 0.15) is 33.5 Å². The first kappa shape index (κ1) is 22.4. The van der Waals surface area contributed by atoms with Crippen LogP contribution in [0.5, 0.6) is 11.5 Å². The quantitative estimate of drug-likeness (QED) is 0.603. The van der Waals surface area contributed by atoms with E-state index in [1.54, 1.807) is 32.4 Å². The number of nitrogens with zero attached hydrogens (tertiary/aromatic N) is 4. The first-order valence-electron chi connectivity index (χ1n) is 11.0. The number of hydrogen-bond acceptors (Lipinski definition) is 6. The topological polar surface area (TPSA) is 78.7 Å². The molecule has 0 radical (unpaired) electrons. The smallest absolute Gasteiger partial charge is 0.254 e. The van der Waals surface area contributed by atoms with E-state index in [0.29, 0.717) is 48.1 Å². The van der Waals surface area contributed by atoms with Crippen molar-refractivity contribution in [3.63, 3.8) is 0 Å². The van der Waals surface area contributed by atoms with Gasteiger partial charge in [0.1, 0.15) is 11.9 Å². The highest BCUT2D eigenvalue weighted by atomic mass is 16.5. The van der Waals surface area contributed by atoms with E-state index in [-0.39, 0.29) is 5.91 Å². The maximum absolute atomic E-state index is 13.2. The molecule has 0 spiro atoms. The molecule has 4 rings (SSSR count).